The molecule has 0 saturated heterocycles. The smallest absolute Gasteiger partial charge is 0.230 e. The van der Waals surface area contributed by atoms with Gasteiger partial charge in [-0.25, -0.2) is 4.98 Å². The monoisotopic (exact) mass is 463 g/mol. The zero-order valence-corrected chi connectivity index (χ0v) is 19.0. The predicted octanol–water partition coefficient (Wildman–Crippen LogP) is 6.22. The average molecular weight is 464 g/mol. The lowest BCUT2D eigenvalue weighted by Gasteiger charge is -2.09. The summed E-state index contributed by atoms with van der Waals surface area (Å²) in [4.78, 5) is 16.9. The van der Waals surface area contributed by atoms with Crippen molar-refractivity contribution in [1.29, 1.82) is 0 Å². The van der Waals surface area contributed by atoms with Gasteiger partial charge in [0.25, 0.3) is 0 Å². The molecule has 0 aliphatic rings. The van der Waals surface area contributed by atoms with E-state index in [0.717, 1.165) is 27.9 Å². The van der Waals surface area contributed by atoms with Crippen molar-refractivity contribution >= 4 is 40.0 Å². The van der Waals surface area contributed by atoms with E-state index in [1.54, 1.807) is 0 Å². The number of amides is 1. The van der Waals surface area contributed by atoms with Crippen molar-refractivity contribution in [2.45, 2.75) is 6.42 Å². The molecule has 0 radical (unpaired) electrons. The molecule has 5 nitrogen and oxygen atoms in total. The predicted molar refractivity (Wildman–Crippen MR) is 139 cm³/mol. The average Bonchev–Trinajstić information content (AvgIpc) is 3.28. The molecule has 0 unspecified atom stereocenters. The minimum Gasteiger partial charge on any atom is -0.436 e. The molecule has 1 aromatic heterocycles. The van der Waals surface area contributed by atoms with Gasteiger partial charge in [-0.2, -0.15) is 0 Å². The van der Waals surface area contributed by atoms with Crippen LogP contribution in [0.2, 0.25) is 0 Å². The van der Waals surface area contributed by atoms with Crippen LogP contribution in [-0.4, -0.2) is 16.0 Å². The number of aromatic nitrogens is 1. The second kappa shape index (κ2) is 9.68. The molecule has 0 spiro atoms. The van der Waals surface area contributed by atoms with E-state index >= 15 is 0 Å². The number of carbonyl (C=O) groups is 1. The number of carbonyl (C=O) groups excluding carboxylic acids is 1. The van der Waals surface area contributed by atoms with Gasteiger partial charge in [0.1, 0.15) is 5.52 Å². The standard InChI is InChI=1S/C28H21N3O2S/c32-26(17-19-7-3-1-4-8-19)31-28(34)29-23-15-16-25-24(18-23)30-27(33-25)22-13-11-21(12-14-22)20-9-5-2-6-10-20/h1-16,18H,17H2,(H2,29,31,32,34). The van der Waals surface area contributed by atoms with Crippen molar-refractivity contribution in [2.24, 2.45) is 0 Å². The number of hydrogen-bond donors (Lipinski definition) is 2. The summed E-state index contributed by atoms with van der Waals surface area (Å²) in [5, 5.41) is 5.99. The highest BCUT2D eigenvalue weighted by molar-refractivity contribution is 7.80. The van der Waals surface area contributed by atoms with Crippen molar-refractivity contribution in [3.8, 4) is 22.6 Å². The number of nitrogens with zero attached hydrogens (tertiary/aromatic N) is 1. The van der Waals surface area contributed by atoms with Crippen LogP contribution >= 0.6 is 12.2 Å². The van der Waals surface area contributed by atoms with Crippen molar-refractivity contribution in [3.05, 3.63) is 109 Å². The molecule has 0 fully saturated rings. The van der Waals surface area contributed by atoms with E-state index < -0.39 is 0 Å². The molecule has 6 heteroatoms. The fourth-order valence-electron chi connectivity index (χ4n) is 3.68. The maximum atomic E-state index is 12.2. The molecule has 2 N–H and O–H groups in total. The molecule has 5 aromatic rings. The van der Waals surface area contributed by atoms with Gasteiger partial charge in [0.05, 0.1) is 6.42 Å². The van der Waals surface area contributed by atoms with Crippen LogP contribution in [0.5, 0.6) is 0 Å². The largest absolute Gasteiger partial charge is 0.436 e. The Morgan fingerprint density at radius 1 is 0.794 bits per heavy atom. The van der Waals surface area contributed by atoms with E-state index in [4.69, 9.17) is 16.6 Å². The summed E-state index contributed by atoms with van der Waals surface area (Å²) in [6.07, 6.45) is 0.261. The fraction of sp³-hybridized carbons (Fsp3) is 0.0357. The van der Waals surface area contributed by atoms with Crippen molar-refractivity contribution < 1.29 is 9.21 Å². The van der Waals surface area contributed by atoms with Crippen molar-refractivity contribution in [2.75, 3.05) is 5.32 Å². The third kappa shape index (κ3) is 5.03. The molecule has 0 aliphatic carbocycles. The van der Waals surface area contributed by atoms with Gasteiger partial charge in [-0.1, -0.05) is 72.8 Å². The minimum atomic E-state index is -0.174. The Bertz CT molecular complexity index is 1450. The molecule has 1 amide bonds. The number of nitrogens with one attached hydrogen (secondary N) is 2. The van der Waals surface area contributed by atoms with Crippen LogP contribution in [-0.2, 0) is 11.2 Å². The lowest BCUT2D eigenvalue weighted by atomic mass is 10.0. The SMILES string of the molecule is O=C(Cc1ccccc1)NC(=S)Nc1ccc2oc(-c3ccc(-c4ccccc4)cc3)nc2c1. The maximum Gasteiger partial charge on any atom is 0.230 e. The summed E-state index contributed by atoms with van der Waals surface area (Å²) in [5.74, 6) is 0.373. The Balaban J connectivity index is 1.26. The highest BCUT2D eigenvalue weighted by atomic mass is 32.1. The number of anilines is 1. The van der Waals surface area contributed by atoms with E-state index in [0.29, 0.717) is 17.0 Å². The number of benzene rings is 4. The first-order valence-electron chi connectivity index (χ1n) is 10.9. The third-order valence-corrected chi connectivity index (χ3v) is 5.55. The first-order chi connectivity index (χ1) is 16.6. The zero-order chi connectivity index (χ0) is 23.3. The second-order valence-electron chi connectivity index (χ2n) is 7.81. The summed E-state index contributed by atoms with van der Waals surface area (Å²) in [5.41, 5.74) is 6.21. The molecule has 34 heavy (non-hydrogen) atoms. The lowest BCUT2D eigenvalue weighted by molar-refractivity contribution is -0.119. The minimum absolute atomic E-state index is 0.174. The summed E-state index contributed by atoms with van der Waals surface area (Å²) >= 11 is 5.30. The first kappa shape index (κ1) is 21.6. The van der Waals surface area contributed by atoms with Crippen molar-refractivity contribution in [3.63, 3.8) is 0 Å². The van der Waals surface area contributed by atoms with E-state index in [1.807, 2.05) is 78.9 Å². The van der Waals surface area contributed by atoms with E-state index in [2.05, 4.69) is 39.9 Å². The quantitative estimate of drug-likeness (QED) is 0.303. The van der Waals surface area contributed by atoms with Gasteiger partial charge < -0.3 is 15.1 Å². The first-order valence-corrected chi connectivity index (χ1v) is 11.3. The lowest BCUT2D eigenvalue weighted by Crippen LogP contribution is -2.35. The molecule has 0 atom stereocenters. The number of thiocarbonyl (C=S) groups is 1. The molecule has 4 aromatic carbocycles. The highest BCUT2D eigenvalue weighted by Crippen LogP contribution is 2.28. The van der Waals surface area contributed by atoms with Crippen LogP contribution in [0.1, 0.15) is 5.56 Å². The van der Waals surface area contributed by atoms with Crippen LogP contribution in [0.3, 0.4) is 0 Å². The summed E-state index contributed by atoms with van der Waals surface area (Å²) in [6, 6.07) is 33.4. The summed E-state index contributed by atoms with van der Waals surface area (Å²) in [7, 11) is 0. The molecular weight excluding hydrogens is 442 g/mol. The van der Waals surface area contributed by atoms with E-state index in [9.17, 15) is 4.79 Å². The van der Waals surface area contributed by atoms with Gasteiger partial charge in [0.2, 0.25) is 11.8 Å². The molecule has 5 rings (SSSR count). The van der Waals surface area contributed by atoms with Gasteiger partial charge in [-0.05, 0) is 59.2 Å². The molecule has 0 aliphatic heterocycles. The number of oxazole rings is 1. The van der Waals surface area contributed by atoms with Gasteiger partial charge in [0, 0.05) is 11.3 Å². The number of fused-ring (bicyclic) bond motifs is 1. The van der Waals surface area contributed by atoms with Gasteiger partial charge in [0.15, 0.2) is 10.7 Å². The highest BCUT2D eigenvalue weighted by Gasteiger charge is 2.11. The fourth-order valence-corrected chi connectivity index (χ4v) is 3.91. The van der Waals surface area contributed by atoms with Crippen LogP contribution < -0.4 is 10.6 Å². The van der Waals surface area contributed by atoms with Gasteiger partial charge >= 0.3 is 0 Å². The number of hydrogen-bond acceptors (Lipinski definition) is 4. The summed E-state index contributed by atoms with van der Waals surface area (Å²) in [6.45, 7) is 0. The maximum absolute atomic E-state index is 12.2. The Hall–Kier alpha value is -4.29. The van der Waals surface area contributed by atoms with E-state index in [1.165, 1.54) is 0 Å². The van der Waals surface area contributed by atoms with E-state index in [-0.39, 0.29) is 17.4 Å². The second-order valence-corrected chi connectivity index (χ2v) is 8.22. The Labute approximate surface area is 202 Å². The van der Waals surface area contributed by atoms with Crippen LogP contribution in [0.15, 0.2) is 108 Å². The topological polar surface area (TPSA) is 67.2 Å². The Kier molecular flexibility index (Phi) is 6.14. The Morgan fingerprint density at radius 2 is 1.44 bits per heavy atom. The van der Waals surface area contributed by atoms with Crippen LogP contribution in [0, 0.1) is 0 Å². The molecule has 0 bridgehead atoms. The Morgan fingerprint density at radius 3 is 2.18 bits per heavy atom. The molecule has 166 valence electrons. The zero-order valence-electron chi connectivity index (χ0n) is 18.2. The number of rotatable bonds is 5. The molecular formula is C28H21N3O2S. The van der Waals surface area contributed by atoms with Crippen LogP contribution in [0.25, 0.3) is 33.7 Å². The van der Waals surface area contributed by atoms with Gasteiger partial charge in [-0.3, -0.25) is 4.79 Å². The normalized spacial score (nSPS) is 10.7. The molecule has 1 heterocycles. The van der Waals surface area contributed by atoms with Crippen LogP contribution in [0.4, 0.5) is 5.69 Å². The third-order valence-electron chi connectivity index (χ3n) is 5.34. The summed E-state index contributed by atoms with van der Waals surface area (Å²) < 4.78 is 5.95. The van der Waals surface area contributed by atoms with Gasteiger partial charge in [-0.15, -0.1) is 0 Å². The molecule has 0 saturated carbocycles. The van der Waals surface area contributed by atoms with Crippen molar-refractivity contribution in [1.82, 2.24) is 10.3 Å².